The van der Waals surface area contributed by atoms with Crippen molar-refractivity contribution in [2.24, 2.45) is 0 Å². The first-order valence-corrected chi connectivity index (χ1v) is 3.37. The summed E-state index contributed by atoms with van der Waals surface area (Å²) in [5.41, 5.74) is 0. The lowest BCUT2D eigenvalue weighted by Crippen LogP contribution is -1.88. The van der Waals surface area contributed by atoms with E-state index in [-0.39, 0.29) is 12.4 Å². The number of halogens is 2. The van der Waals surface area contributed by atoms with Gasteiger partial charge >= 0.3 is 0 Å². The zero-order valence-electron chi connectivity index (χ0n) is 5.38. The highest BCUT2D eigenvalue weighted by Crippen LogP contribution is 1.93. The zero-order chi connectivity index (χ0) is 6.53. The summed E-state index contributed by atoms with van der Waals surface area (Å²) in [4.78, 5) is 3.93. The molecule has 0 fully saturated rings. The number of H-pyrrole nitrogens is 1. The van der Waals surface area contributed by atoms with Crippen LogP contribution in [0.4, 0.5) is 0 Å². The zero-order valence-corrected chi connectivity index (χ0v) is 6.95. The summed E-state index contributed by atoms with van der Waals surface area (Å²) in [5.74, 6) is 1.59. The fourth-order valence-corrected chi connectivity index (χ4v) is 0.719. The summed E-state index contributed by atoms with van der Waals surface area (Å²) in [6, 6.07) is 0. The monoisotopic (exact) mass is 181 g/mol. The number of alkyl halides is 1. The SMILES string of the molecule is Cl.ClCCCc1ncn[nH]1. The van der Waals surface area contributed by atoms with Gasteiger partial charge in [0.25, 0.3) is 0 Å². The molecule has 0 spiro atoms. The van der Waals surface area contributed by atoms with Crippen molar-refractivity contribution >= 4 is 24.0 Å². The van der Waals surface area contributed by atoms with Crippen molar-refractivity contribution in [3.63, 3.8) is 0 Å². The highest BCUT2D eigenvalue weighted by molar-refractivity contribution is 6.17. The predicted octanol–water partition coefficient (Wildman–Crippen LogP) is 1.40. The maximum atomic E-state index is 5.46. The Balaban J connectivity index is 0.000000810. The molecule has 1 aromatic rings. The van der Waals surface area contributed by atoms with Crippen LogP contribution < -0.4 is 0 Å². The topological polar surface area (TPSA) is 41.6 Å². The quantitative estimate of drug-likeness (QED) is 0.717. The molecule has 1 aromatic heterocycles. The van der Waals surface area contributed by atoms with Crippen molar-refractivity contribution in [3.8, 4) is 0 Å². The van der Waals surface area contributed by atoms with E-state index in [1.807, 2.05) is 0 Å². The lowest BCUT2D eigenvalue weighted by atomic mass is 10.3. The van der Waals surface area contributed by atoms with E-state index < -0.39 is 0 Å². The molecule has 0 aliphatic carbocycles. The number of hydrogen-bond acceptors (Lipinski definition) is 2. The number of nitrogens with one attached hydrogen (secondary N) is 1. The maximum Gasteiger partial charge on any atom is 0.137 e. The number of rotatable bonds is 3. The lowest BCUT2D eigenvalue weighted by molar-refractivity contribution is 0.845. The van der Waals surface area contributed by atoms with Crippen LogP contribution in [-0.2, 0) is 6.42 Å². The second-order valence-electron chi connectivity index (χ2n) is 1.72. The van der Waals surface area contributed by atoms with Crippen molar-refractivity contribution in [1.82, 2.24) is 15.2 Å². The van der Waals surface area contributed by atoms with Crippen LogP contribution in [0.5, 0.6) is 0 Å². The summed E-state index contributed by atoms with van der Waals surface area (Å²) >= 11 is 5.46. The Morgan fingerprint density at radius 1 is 1.60 bits per heavy atom. The first kappa shape index (κ1) is 9.72. The van der Waals surface area contributed by atoms with Gasteiger partial charge in [-0.1, -0.05) is 0 Å². The average Bonchev–Trinajstić information content (AvgIpc) is 2.34. The van der Waals surface area contributed by atoms with Crippen LogP contribution in [0.2, 0.25) is 0 Å². The van der Waals surface area contributed by atoms with E-state index in [1.165, 1.54) is 6.33 Å². The van der Waals surface area contributed by atoms with Crippen molar-refractivity contribution in [2.45, 2.75) is 12.8 Å². The Bertz CT molecular complexity index is 152. The summed E-state index contributed by atoms with van der Waals surface area (Å²) in [5, 5.41) is 6.45. The number of hydrogen-bond donors (Lipinski definition) is 1. The fourth-order valence-electron chi connectivity index (χ4n) is 0.586. The van der Waals surface area contributed by atoms with Crippen LogP contribution in [0.3, 0.4) is 0 Å². The molecule has 1 rings (SSSR count). The van der Waals surface area contributed by atoms with Gasteiger partial charge in [0.15, 0.2) is 0 Å². The third-order valence-corrected chi connectivity index (χ3v) is 1.28. The van der Waals surface area contributed by atoms with E-state index in [2.05, 4.69) is 15.2 Å². The fraction of sp³-hybridized carbons (Fsp3) is 0.600. The van der Waals surface area contributed by atoms with Gasteiger partial charge in [-0.15, -0.1) is 24.0 Å². The van der Waals surface area contributed by atoms with Crippen molar-refractivity contribution in [1.29, 1.82) is 0 Å². The van der Waals surface area contributed by atoms with Gasteiger partial charge in [0, 0.05) is 12.3 Å². The van der Waals surface area contributed by atoms with E-state index in [0.717, 1.165) is 18.7 Å². The van der Waals surface area contributed by atoms with Gasteiger partial charge in [-0.2, -0.15) is 5.10 Å². The summed E-state index contributed by atoms with van der Waals surface area (Å²) < 4.78 is 0. The molecule has 58 valence electrons. The largest absolute Gasteiger partial charge is 0.263 e. The second kappa shape index (κ2) is 5.50. The van der Waals surface area contributed by atoms with Gasteiger partial charge in [-0.05, 0) is 6.42 Å². The maximum absolute atomic E-state index is 5.46. The van der Waals surface area contributed by atoms with Crippen molar-refractivity contribution in [3.05, 3.63) is 12.2 Å². The molecule has 0 saturated heterocycles. The lowest BCUT2D eigenvalue weighted by Gasteiger charge is -1.88. The normalized spacial score (nSPS) is 8.90. The van der Waals surface area contributed by atoms with Crippen LogP contribution >= 0.6 is 24.0 Å². The molecule has 10 heavy (non-hydrogen) atoms. The Labute approximate surface area is 70.6 Å². The first-order valence-electron chi connectivity index (χ1n) is 2.83. The minimum absolute atomic E-state index is 0. The van der Waals surface area contributed by atoms with E-state index in [1.54, 1.807) is 0 Å². The first-order chi connectivity index (χ1) is 4.43. The minimum Gasteiger partial charge on any atom is -0.263 e. The van der Waals surface area contributed by atoms with Crippen LogP contribution in [-0.4, -0.2) is 21.1 Å². The Hall–Kier alpha value is -0.280. The predicted molar refractivity (Wildman–Crippen MR) is 42.7 cm³/mol. The van der Waals surface area contributed by atoms with Gasteiger partial charge in [-0.3, -0.25) is 5.10 Å². The molecule has 0 aliphatic heterocycles. The molecule has 0 saturated carbocycles. The molecular formula is C5H9Cl2N3. The standard InChI is InChI=1S/C5H8ClN3.ClH/c6-3-1-2-5-7-4-8-9-5;/h4H,1-3H2,(H,7,8,9);1H. The minimum atomic E-state index is 0. The van der Waals surface area contributed by atoms with E-state index in [9.17, 15) is 0 Å². The summed E-state index contributed by atoms with van der Waals surface area (Å²) in [6.07, 6.45) is 3.35. The summed E-state index contributed by atoms with van der Waals surface area (Å²) in [6.45, 7) is 0. The molecule has 0 atom stereocenters. The van der Waals surface area contributed by atoms with E-state index in [4.69, 9.17) is 11.6 Å². The molecule has 3 nitrogen and oxygen atoms in total. The molecule has 0 unspecified atom stereocenters. The molecule has 0 radical (unpaired) electrons. The molecule has 5 heteroatoms. The Morgan fingerprint density at radius 3 is 2.90 bits per heavy atom. The van der Waals surface area contributed by atoms with E-state index >= 15 is 0 Å². The van der Waals surface area contributed by atoms with Crippen molar-refractivity contribution < 1.29 is 0 Å². The molecule has 0 bridgehead atoms. The number of aryl methyl sites for hydroxylation is 1. The third-order valence-electron chi connectivity index (χ3n) is 1.01. The Morgan fingerprint density at radius 2 is 2.40 bits per heavy atom. The highest BCUT2D eigenvalue weighted by atomic mass is 35.5. The average molecular weight is 182 g/mol. The van der Waals surface area contributed by atoms with Gasteiger partial charge in [-0.25, -0.2) is 4.98 Å². The van der Waals surface area contributed by atoms with Crippen LogP contribution in [0.1, 0.15) is 12.2 Å². The molecule has 0 aromatic carbocycles. The molecule has 0 amide bonds. The second-order valence-corrected chi connectivity index (χ2v) is 2.10. The van der Waals surface area contributed by atoms with Crippen LogP contribution in [0, 0.1) is 0 Å². The molecule has 1 N–H and O–H groups in total. The number of aromatic amines is 1. The molecular weight excluding hydrogens is 173 g/mol. The van der Waals surface area contributed by atoms with Gasteiger partial charge in [0.1, 0.15) is 12.2 Å². The highest BCUT2D eigenvalue weighted by Gasteiger charge is 1.91. The van der Waals surface area contributed by atoms with Gasteiger partial charge < -0.3 is 0 Å². The van der Waals surface area contributed by atoms with Crippen LogP contribution in [0.25, 0.3) is 0 Å². The van der Waals surface area contributed by atoms with Gasteiger partial charge in [0.2, 0.25) is 0 Å². The van der Waals surface area contributed by atoms with Crippen molar-refractivity contribution in [2.75, 3.05) is 5.88 Å². The third kappa shape index (κ3) is 3.03. The van der Waals surface area contributed by atoms with E-state index in [0.29, 0.717) is 5.88 Å². The molecule has 1 heterocycles. The number of aromatic nitrogens is 3. The smallest absolute Gasteiger partial charge is 0.137 e. The Kier molecular flexibility index (Phi) is 5.35. The molecule has 0 aliphatic rings. The summed E-state index contributed by atoms with van der Waals surface area (Å²) in [7, 11) is 0. The van der Waals surface area contributed by atoms with Crippen LogP contribution in [0.15, 0.2) is 6.33 Å². The van der Waals surface area contributed by atoms with Gasteiger partial charge in [0.05, 0.1) is 0 Å². The number of nitrogens with zero attached hydrogens (tertiary/aromatic N) is 2.